The molecule has 0 aliphatic rings. The molecule has 0 spiro atoms. The summed E-state index contributed by atoms with van der Waals surface area (Å²) in [5.41, 5.74) is 1.07. The maximum Gasteiger partial charge on any atom is 0.416 e. The van der Waals surface area contributed by atoms with Crippen LogP contribution in [-0.4, -0.2) is 41.5 Å². The Morgan fingerprint density at radius 2 is 1.97 bits per heavy atom. The lowest BCUT2D eigenvalue weighted by Crippen LogP contribution is -2.28. The third-order valence-corrected chi connectivity index (χ3v) is 5.16. The number of ether oxygens (including phenoxy) is 1. The summed E-state index contributed by atoms with van der Waals surface area (Å²) in [6.07, 6.45) is -4.44. The van der Waals surface area contributed by atoms with E-state index in [-0.39, 0.29) is 17.2 Å². The van der Waals surface area contributed by atoms with Gasteiger partial charge in [0.1, 0.15) is 0 Å². The molecule has 5 nitrogen and oxygen atoms in total. The molecule has 29 heavy (non-hydrogen) atoms. The number of nitrogens with zero attached hydrogens (tertiary/aromatic N) is 2. The Balaban J connectivity index is 1.89. The number of carbonyl (C=O) groups is 1. The molecule has 1 aromatic heterocycles. The molecule has 0 bridgehead atoms. The van der Waals surface area contributed by atoms with Gasteiger partial charge in [-0.3, -0.25) is 4.79 Å². The minimum absolute atomic E-state index is 0.105. The molecule has 1 heterocycles. The number of halogens is 3. The number of benzene rings is 2. The minimum Gasteiger partial charge on any atom is -0.383 e. The second-order valence-electron chi connectivity index (χ2n) is 6.30. The van der Waals surface area contributed by atoms with E-state index in [1.54, 1.807) is 7.11 Å². The smallest absolute Gasteiger partial charge is 0.383 e. The van der Waals surface area contributed by atoms with Gasteiger partial charge in [-0.1, -0.05) is 42.1 Å². The van der Waals surface area contributed by atoms with Gasteiger partial charge in [0.05, 0.1) is 35.5 Å². The molecule has 2 aromatic carbocycles. The van der Waals surface area contributed by atoms with Crippen molar-refractivity contribution in [1.82, 2.24) is 14.9 Å². The van der Waals surface area contributed by atoms with Crippen LogP contribution >= 0.6 is 11.8 Å². The summed E-state index contributed by atoms with van der Waals surface area (Å²) in [4.78, 5) is 16.4. The monoisotopic (exact) mass is 423 g/mol. The van der Waals surface area contributed by atoms with Gasteiger partial charge in [-0.2, -0.15) is 13.2 Å². The predicted octanol–water partition coefficient (Wildman–Crippen LogP) is 3.96. The first-order valence-electron chi connectivity index (χ1n) is 8.88. The van der Waals surface area contributed by atoms with Crippen LogP contribution in [0.1, 0.15) is 11.1 Å². The van der Waals surface area contributed by atoms with Crippen molar-refractivity contribution in [3.63, 3.8) is 0 Å². The fourth-order valence-corrected chi connectivity index (χ4v) is 3.63. The van der Waals surface area contributed by atoms with E-state index >= 15 is 0 Å². The highest BCUT2D eigenvalue weighted by atomic mass is 32.2. The van der Waals surface area contributed by atoms with Crippen LogP contribution in [0.4, 0.5) is 13.2 Å². The number of imidazole rings is 1. The Morgan fingerprint density at radius 3 is 2.66 bits per heavy atom. The normalized spacial score (nSPS) is 11.7. The van der Waals surface area contributed by atoms with E-state index in [0.717, 1.165) is 17.7 Å². The van der Waals surface area contributed by atoms with E-state index in [1.807, 2.05) is 34.9 Å². The molecule has 0 atom stereocenters. The number of amides is 1. The Kier molecular flexibility index (Phi) is 6.81. The maximum absolute atomic E-state index is 13.1. The molecule has 0 radical (unpaired) electrons. The summed E-state index contributed by atoms with van der Waals surface area (Å²) in [5.74, 6) is -0.0881. The van der Waals surface area contributed by atoms with Crippen molar-refractivity contribution in [2.24, 2.45) is 0 Å². The number of rotatable bonds is 8. The van der Waals surface area contributed by atoms with Crippen molar-refractivity contribution in [2.45, 2.75) is 17.9 Å². The van der Waals surface area contributed by atoms with E-state index in [2.05, 4.69) is 10.3 Å². The first kappa shape index (κ1) is 21.2. The first-order chi connectivity index (χ1) is 13.9. The minimum atomic E-state index is -4.44. The molecule has 9 heteroatoms. The van der Waals surface area contributed by atoms with Crippen molar-refractivity contribution in [3.05, 3.63) is 59.7 Å². The highest BCUT2D eigenvalue weighted by Gasteiger charge is 2.31. The molecule has 0 fully saturated rings. The van der Waals surface area contributed by atoms with Gasteiger partial charge in [-0.25, -0.2) is 4.98 Å². The van der Waals surface area contributed by atoms with Gasteiger partial charge in [0.2, 0.25) is 5.91 Å². The van der Waals surface area contributed by atoms with Crippen LogP contribution in [0.25, 0.3) is 11.0 Å². The van der Waals surface area contributed by atoms with Gasteiger partial charge < -0.3 is 14.6 Å². The van der Waals surface area contributed by atoms with Crippen molar-refractivity contribution in [1.29, 1.82) is 0 Å². The topological polar surface area (TPSA) is 56.1 Å². The van der Waals surface area contributed by atoms with Crippen LogP contribution in [-0.2, 0) is 22.3 Å². The Hall–Kier alpha value is -2.52. The number of methoxy groups -OCH3 is 1. The third-order valence-electron chi connectivity index (χ3n) is 4.18. The van der Waals surface area contributed by atoms with E-state index < -0.39 is 11.7 Å². The van der Waals surface area contributed by atoms with Crippen LogP contribution in [0.15, 0.2) is 53.7 Å². The highest BCUT2D eigenvalue weighted by Crippen LogP contribution is 2.33. The molecule has 0 aliphatic carbocycles. The lowest BCUT2D eigenvalue weighted by molar-refractivity contribution is -0.137. The molecule has 154 valence electrons. The number of aromatic nitrogens is 2. The van der Waals surface area contributed by atoms with Crippen LogP contribution in [0.5, 0.6) is 0 Å². The molecular formula is C20H20F3N3O2S. The van der Waals surface area contributed by atoms with Crippen molar-refractivity contribution in [2.75, 3.05) is 26.0 Å². The zero-order chi connectivity index (χ0) is 20.9. The quantitative estimate of drug-likeness (QED) is 0.440. The number of fused-ring (bicyclic) bond motifs is 1. The van der Waals surface area contributed by atoms with Crippen molar-refractivity contribution in [3.8, 4) is 0 Å². The summed E-state index contributed by atoms with van der Waals surface area (Å²) < 4.78 is 45.9. The van der Waals surface area contributed by atoms with Crippen molar-refractivity contribution >= 4 is 28.7 Å². The van der Waals surface area contributed by atoms with E-state index in [4.69, 9.17) is 4.74 Å². The highest BCUT2D eigenvalue weighted by molar-refractivity contribution is 7.99. The number of nitrogens with one attached hydrogen (secondary N) is 1. The molecule has 0 saturated heterocycles. The van der Waals surface area contributed by atoms with E-state index in [9.17, 15) is 18.0 Å². The Bertz CT molecular complexity index is 974. The molecule has 0 aliphatic heterocycles. The lowest BCUT2D eigenvalue weighted by Gasteiger charge is -2.10. The van der Waals surface area contributed by atoms with Gasteiger partial charge in [0, 0.05) is 13.7 Å². The number of thioether (sulfide) groups is 1. The summed E-state index contributed by atoms with van der Waals surface area (Å²) in [5, 5.41) is 3.21. The average molecular weight is 423 g/mol. The molecule has 3 rings (SSSR count). The van der Waals surface area contributed by atoms with Gasteiger partial charge in [0.15, 0.2) is 5.16 Å². The third kappa shape index (κ3) is 5.51. The lowest BCUT2D eigenvalue weighted by atomic mass is 10.2. The molecular weight excluding hydrogens is 403 g/mol. The Morgan fingerprint density at radius 1 is 1.21 bits per heavy atom. The Labute approximate surface area is 170 Å². The van der Waals surface area contributed by atoms with Gasteiger partial charge >= 0.3 is 6.18 Å². The second-order valence-corrected chi connectivity index (χ2v) is 7.24. The summed E-state index contributed by atoms with van der Waals surface area (Å²) in [6, 6.07) is 13.1. The molecule has 3 aromatic rings. The number of hydrogen-bond donors (Lipinski definition) is 1. The first-order valence-corrected chi connectivity index (χ1v) is 9.87. The fraction of sp³-hybridized carbons (Fsp3) is 0.300. The zero-order valence-electron chi connectivity index (χ0n) is 15.7. The van der Waals surface area contributed by atoms with Gasteiger partial charge in [-0.15, -0.1) is 0 Å². The molecule has 1 N–H and O–H groups in total. The van der Waals surface area contributed by atoms with Crippen LogP contribution in [0, 0.1) is 0 Å². The van der Waals surface area contributed by atoms with E-state index in [0.29, 0.717) is 30.4 Å². The maximum atomic E-state index is 13.1. The average Bonchev–Trinajstić information content (AvgIpc) is 3.03. The number of carbonyl (C=O) groups excluding carboxylic acids is 1. The SMILES string of the molecule is COCCNC(=O)CSc1nc2cc(C(F)(F)F)ccc2n1Cc1ccccc1. The van der Waals surface area contributed by atoms with E-state index in [1.165, 1.54) is 17.8 Å². The largest absolute Gasteiger partial charge is 0.416 e. The van der Waals surface area contributed by atoms with Gasteiger partial charge in [-0.05, 0) is 23.8 Å². The van der Waals surface area contributed by atoms with Crippen molar-refractivity contribution < 1.29 is 22.7 Å². The van der Waals surface area contributed by atoms with Crippen LogP contribution in [0.2, 0.25) is 0 Å². The van der Waals surface area contributed by atoms with Gasteiger partial charge in [0.25, 0.3) is 0 Å². The summed E-state index contributed by atoms with van der Waals surface area (Å²) in [7, 11) is 1.54. The second kappa shape index (κ2) is 9.32. The number of hydrogen-bond acceptors (Lipinski definition) is 4. The molecule has 0 unspecified atom stereocenters. The summed E-state index contributed by atoms with van der Waals surface area (Å²) in [6.45, 7) is 1.24. The summed E-state index contributed by atoms with van der Waals surface area (Å²) >= 11 is 1.19. The zero-order valence-corrected chi connectivity index (χ0v) is 16.5. The standard InChI is InChI=1S/C20H20F3N3O2S/c1-28-10-9-24-18(27)13-29-19-25-16-11-15(20(21,22)23)7-8-17(16)26(19)12-14-5-3-2-4-6-14/h2-8,11H,9-10,12-13H2,1H3,(H,24,27). The van der Waals surface area contributed by atoms with Crippen LogP contribution in [0.3, 0.4) is 0 Å². The fourth-order valence-electron chi connectivity index (χ4n) is 2.79. The van der Waals surface area contributed by atoms with Crippen LogP contribution < -0.4 is 5.32 Å². The predicted molar refractivity (Wildman–Crippen MR) is 106 cm³/mol. The molecule has 0 saturated carbocycles. The molecule has 1 amide bonds. The number of alkyl halides is 3.